The highest BCUT2D eigenvalue weighted by Gasteiger charge is 2.41. The lowest BCUT2D eigenvalue weighted by Gasteiger charge is -2.01. The largest absolute Gasteiger partial charge is 0.491 e. The van der Waals surface area contributed by atoms with E-state index in [0.717, 1.165) is 0 Å². The minimum absolute atomic E-state index is 0.148. The number of nitrogens with two attached hydrogens (primary N) is 1. The number of carbonyl (C=O) groups excluding carboxylic acids is 2. The monoisotopic (exact) mass is 313 g/mol. The predicted octanol–water partition coefficient (Wildman–Crippen LogP) is 0.972. The number of ether oxygens (including phenoxy) is 1. The van der Waals surface area contributed by atoms with Crippen LogP contribution in [0.4, 0.5) is 13.2 Å². The zero-order valence-electron chi connectivity index (χ0n) is 10.0. The van der Waals surface area contributed by atoms with Gasteiger partial charge in [-0.15, -0.1) is 0 Å². The van der Waals surface area contributed by atoms with Gasteiger partial charge in [-0.25, -0.2) is 18.4 Å². The van der Waals surface area contributed by atoms with Crippen LogP contribution in [0, 0.1) is 0 Å². The zero-order chi connectivity index (χ0) is 16.0. The van der Waals surface area contributed by atoms with Crippen molar-refractivity contribution in [2.75, 3.05) is 0 Å². The van der Waals surface area contributed by atoms with Gasteiger partial charge in [0.25, 0.3) is 0 Å². The summed E-state index contributed by atoms with van der Waals surface area (Å²) >= 11 is 0. The van der Waals surface area contributed by atoms with Gasteiger partial charge in [-0.05, 0) is 12.1 Å². The van der Waals surface area contributed by atoms with E-state index >= 15 is 0 Å². The van der Waals surface area contributed by atoms with Crippen molar-refractivity contribution in [2.24, 2.45) is 5.14 Å². The summed E-state index contributed by atoms with van der Waals surface area (Å²) in [6.45, 7) is 0.712. The van der Waals surface area contributed by atoms with E-state index in [1.807, 2.05) is 0 Å². The van der Waals surface area contributed by atoms with Crippen LogP contribution in [0.1, 0.15) is 6.92 Å². The Hall–Kier alpha value is -1.94. The minimum Gasteiger partial charge on any atom is -0.387 e. The second kappa shape index (κ2) is 7.01. The van der Waals surface area contributed by atoms with E-state index in [1.165, 1.54) is 12.1 Å². The SMILES string of the molecule is CC(=O)OC(=O)C(F)(F)F.NS(=O)(=O)c1ccccc1. The Morgan fingerprint density at radius 1 is 1.15 bits per heavy atom. The molecule has 20 heavy (non-hydrogen) atoms. The van der Waals surface area contributed by atoms with Gasteiger partial charge in [0.1, 0.15) is 0 Å². The number of primary sulfonamides is 1. The molecule has 0 saturated heterocycles. The van der Waals surface area contributed by atoms with Gasteiger partial charge in [-0.3, -0.25) is 4.79 Å². The summed E-state index contributed by atoms with van der Waals surface area (Å²) in [6.07, 6.45) is -5.09. The van der Waals surface area contributed by atoms with Crippen molar-refractivity contribution in [1.82, 2.24) is 0 Å². The van der Waals surface area contributed by atoms with Gasteiger partial charge in [0.05, 0.1) is 4.90 Å². The molecule has 10 heteroatoms. The van der Waals surface area contributed by atoms with Gasteiger partial charge in [0.2, 0.25) is 10.0 Å². The fourth-order valence-corrected chi connectivity index (χ4v) is 1.34. The number of carbonyl (C=O) groups is 2. The molecule has 1 rings (SSSR count). The van der Waals surface area contributed by atoms with Crippen LogP contribution in [0.25, 0.3) is 0 Å². The number of alkyl halides is 3. The molecule has 0 aliphatic heterocycles. The molecule has 6 nitrogen and oxygen atoms in total. The van der Waals surface area contributed by atoms with Gasteiger partial charge in [-0.1, -0.05) is 18.2 Å². The molecule has 0 radical (unpaired) electrons. The Morgan fingerprint density at radius 3 is 1.80 bits per heavy atom. The van der Waals surface area contributed by atoms with Crippen LogP contribution in [0.3, 0.4) is 0 Å². The maximum Gasteiger partial charge on any atom is 0.491 e. The third-order valence-corrected chi connectivity index (χ3v) is 2.47. The van der Waals surface area contributed by atoms with Crippen molar-refractivity contribution >= 4 is 22.0 Å². The molecular formula is C10H10F3NO5S. The first kappa shape index (κ1) is 18.1. The van der Waals surface area contributed by atoms with E-state index in [-0.39, 0.29) is 4.90 Å². The molecule has 0 fully saturated rings. The van der Waals surface area contributed by atoms with Crippen molar-refractivity contribution < 1.29 is 35.9 Å². The molecule has 0 saturated carbocycles. The second-order valence-corrected chi connectivity index (χ2v) is 4.80. The first-order valence-corrected chi connectivity index (χ1v) is 6.36. The fourth-order valence-electron chi connectivity index (χ4n) is 0.799. The summed E-state index contributed by atoms with van der Waals surface area (Å²) < 4.78 is 58.0. The smallest absolute Gasteiger partial charge is 0.387 e. The molecule has 0 aliphatic rings. The lowest BCUT2D eigenvalue weighted by Crippen LogP contribution is -2.26. The average molecular weight is 313 g/mol. The summed E-state index contributed by atoms with van der Waals surface area (Å²) in [6, 6.07) is 7.89. The van der Waals surface area contributed by atoms with Crippen molar-refractivity contribution in [2.45, 2.75) is 18.0 Å². The van der Waals surface area contributed by atoms with Gasteiger partial charge in [0, 0.05) is 6.92 Å². The number of halogens is 3. The average Bonchev–Trinajstić information content (AvgIpc) is 2.28. The normalized spacial score (nSPS) is 11.1. The molecule has 0 aliphatic carbocycles. The van der Waals surface area contributed by atoms with Gasteiger partial charge >= 0.3 is 18.1 Å². The lowest BCUT2D eigenvalue weighted by atomic mass is 10.4. The number of hydrogen-bond acceptors (Lipinski definition) is 5. The van der Waals surface area contributed by atoms with Crippen LogP contribution in [0.2, 0.25) is 0 Å². The Kier molecular flexibility index (Phi) is 6.33. The van der Waals surface area contributed by atoms with Crippen molar-refractivity contribution in [3.63, 3.8) is 0 Å². The molecule has 1 aromatic carbocycles. The Balaban J connectivity index is 0.000000361. The third kappa shape index (κ3) is 7.48. The molecule has 0 heterocycles. The molecule has 0 bridgehead atoms. The molecule has 0 atom stereocenters. The van der Waals surface area contributed by atoms with E-state index in [2.05, 4.69) is 4.74 Å². The van der Waals surface area contributed by atoms with E-state index in [1.54, 1.807) is 18.2 Å². The quantitative estimate of drug-likeness (QED) is 0.614. The first-order chi connectivity index (χ1) is 8.94. The summed E-state index contributed by atoms with van der Waals surface area (Å²) in [5, 5.41) is 4.83. The predicted molar refractivity (Wildman–Crippen MR) is 60.6 cm³/mol. The molecule has 0 aromatic heterocycles. The van der Waals surface area contributed by atoms with E-state index in [0.29, 0.717) is 6.92 Å². The van der Waals surface area contributed by atoms with E-state index in [9.17, 15) is 31.2 Å². The van der Waals surface area contributed by atoms with Crippen LogP contribution >= 0.6 is 0 Å². The Labute approximate surface area is 112 Å². The standard InChI is InChI=1S/C6H7NO2S.C4H3F3O3/c7-10(8,9)6-4-2-1-3-5-6;1-2(8)10-3(9)4(5,6)7/h1-5H,(H2,7,8,9);1H3. The lowest BCUT2D eigenvalue weighted by molar-refractivity contribution is -0.201. The highest BCUT2D eigenvalue weighted by molar-refractivity contribution is 7.89. The van der Waals surface area contributed by atoms with Crippen LogP contribution in [0.5, 0.6) is 0 Å². The first-order valence-electron chi connectivity index (χ1n) is 4.82. The Bertz CT molecular complexity index is 568. The number of rotatable bonds is 1. The summed E-state index contributed by atoms with van der Waals surface area (Å²) in [7, 11) is -3.50. The maximum atomic E-state index is 11.2. The highest BCUT2D eigenvalue weighted by Crippen LogP contribution is 2.16. The minimum atomic E-state index is -5.09. The van der Waals surface area contributed by atoms with Gasteiger partial charge in [0.15, 0.2) is 0 Å². The topological polar surface area (TPSA) is 104 Å². The zero-order valence-corrected chi connectivity index (χ0v) is 10.9. The molecule has 1 aromatic rings. The summed E-state index contributed by atoms with van der Waals surface area (Å²) in [5.41, 5.74) is 0. The van der Waals surface area contributed by atoms with Crippen molar-refractivity contribution in [3.8, 4) is 0 Å². The molecule has 0 spiro atoms. The van der Waals surface area contributed by atoms with Crippen LogP contribution in [-0.2, 0) is 24.3 Å². The van der Waals surface area contributed by atoms with Crippen LogP contribution < -0.4 is 5.14 Å². The van der Waals surface area contributed by atoms with E-state index in [4.69, 9.17) is 5.14 Å². The summed E-state index contributed by atoms with van der Waals surface area (Å²) in [5.74, 6) is -3.76. The summed E-state index contributed by atoms with van der Waals surface area (Å²) in [4.78, 5) is 19.6. The number of esters is 2. The van der Waals surface area contributed by atoms with Gasteiger partial charge < -0.3 is 4.74 Å². The van der Waals surface area contributed by atoms with Crippen molar-refractivity contribution in [3.05, 3.63) is 30.3 Å². The van der Waals surface area contributed by atoms with Crippen LogP contribution in [0.15, 0.2) is 35.2 Å². The van der Waals surface area contributed by atoms with Crippen LogP contribution in [-0.4, -0.2) is 26.5 Å². The number of benzene rings is 1. The fraction of sp³-hybridized carbons (Fsp3) is 0.200. The second-order valence-electron chi connectivity index (χ2n) is 3.24. The number of hydrogen-bond donors (Lipinski definition) is 1. The van der Waals surface area contributed by atoms with Crippen molar-refractivity contribution in [1.29, 1.82) is 0 Å². The van der Waals surface area contributed by atoms with Gasteiger partial charge in [-0.2, -0.15) is 13.2 Å². The molecular weight excluding hydrogens is 303 g/mol. The highest BCUT2D eigenvalue weighted by atomic mass is 32.2. The maximum absolute atomic E-state index is 11.2. The number of sulfonamides is 1. The third-order valence-electron chi connectivity index (χ3n) is 1.54. The molecule has 112 valence electrons. The van der Waals surface area contributed by atoms with E-state index < -0.39 is 28.1 Å². The molecule has 0 unspecified atom stereocenters. The Morgan fingerprint density at radius 2 is 1.60 bits per heavy atom. The molecule has 0 amide bonds. The molecule has 2 N–H and O–H groups in total.